The molecule has 0 radical (unpaired) electrons. The number of aromatic nitrogens is 4. The average Bonchev–Trinajstić information content (AvgIpc) is 3.21. The van der Waals surface area contributed by atoms with Crippen molar-refractivity contribution in [3.05, 3.63) is 12.7 Å². The molecule has 28 heavy (non-hydrogen) atoms. The zero-order valence-electron chi connectivity index (χ0n) is 14.6. The summed E-state index contributed by atoms with van der Waals surface area (Å²) in [5.74, 6) is -3.96. The predicted octanol–water partition coefficient (Wildman–Crippen LogP) is -1.98. The van der Waals surface area contributed by atoms with Gasteiger partial charge in [0.25, 0.3) is 0 Å². The number of aliphatic hydroxyl groups excluding tert-OH is 3. The fraction of sp³-hybridized carbons (Fsp3) is 0.533. The van der Waals surface area contributed by atoms with E-state index in [0.29, 0.717) is 0 Å². The quantitative estimate of drug-likeness (QED) is 0.301. The van der Waals surface area contributed by atoms with Gasteiger partial charge in [-0.05, 0) is 6.92 Å². The average molecular weight is 397 g/mol. The molecule has 13 heteroatoms. The first-order valence-corrected chi connectivity index (χ1v) is 8.28. The standard InChI is InChI=1S/C15H19N5O8/c1-5(14(24)25)7(15(26)27)19-11-8-12(17-3-16-11)20(4-18-8)13-10(23)9(22)6(2-21)28-13/h3-7,9-10,13,21-23H,2H2,1H3,(H,24,25)(H,26,27)(H,16,17,19). The Morgan fingerprint density at radius 2 is 1.93 bits per heavy atom. The summed E-state index contributed by atoms with van der Waals surface area (Å²) in [6, 6.07) is -1.48. The van der Waals surface area contributed by atoms with Crippen LogP contribution >= 0.6 is 0 Å². The van der Waals surface area contributed by atoms with Crippen LogP contribution in [0, 0.1) is 5.92 Å². The van der Waals surface area contributed by atoms with Gasteiger partial charge in [-0.3, -0.25) is 9.36 Å². The molecule has 0 saturated carbocycles. The summed E-state index contributed by atoms with van der Waals surface area (Å²) < 4.78 is 6.74. The summed E-state index contributed by atoms with van der Waals surface area (Å²) >= 11 is 0. The number of anilines is 1. The molecule has 6 N–H and O–H groups in total. The maximum Gasteiger partial charge on any atom is 0.327 e. The molecule has 2 aromatic rings. The number of carbonyl (C=O) groups is 2. The summed E-state index contributed by atoms with van der Waals surface area (Å²) in [4.78, 5) is 34.7. The molecular weight excluding hydrogens is 378 g/mol. The van der Waals surface area contributed by atoms with Crippen molar-refractivity contribution >= 4 is 28.9 Å². The van der Waals surface area contributed by atoms with Crippen molar-refractivity contribution in [1.29, 1.82) is 0 Å². The van der Waals surface area contributed by atoms with E-state index in [1.165, 1.54) is 17.8 Å². The molecule has 3 heterocycles. The van der Waals surface area contributed by atoms with Crippen LogP contribution in [0.3, 0.4) is 0 Å². The summed E-state index contributed by atoms with van der Waals surface area (Å²) in [5.41, 5.74) is 0.267. The van der Waals surface area contributed by atoms with E-state index < -0.39 is 55.0 Å². The molecule has 6 atom stereocenters. The van der Waals surface area contributed by atoms with Crippen molar-refractivity contribution in [3.8, 4) is 0 Å². The molecule has 1 saturated heterocycles. The van der Waals surface area contributed by atoms with Crippen LogP contribution < -0.4 is 5.32 Å². The Kier molecular flexibility index (Phi) is 5.42. The minimum Gasteiger partial charge on any atom is -0.481 e. The number of rotatable bonds is 7. The second-order valence-corrected chi connectivity index (χ2v) is 6.36. The lowest BCUT2D eigenvalue weighted by Crippen LogP contribution is -2.39. The van der Waals surface area contributed by atoms with Crippen LogP contribution in [-0.4, -0.2) is 88.0 Å². The Morgan fingerprint density at radius 1 is 1.21 bits per heavy atom. The van der Waals surface area contributed by atoms with Crippen molar-refractivity contribution in [2.24, 2.45) is 5.92 Å². The molecule has 0 aliphatic carbocycles. The van der Waals surface area contributed by atoms with Crippen LogP contribution in [0.5, 0.6) is 0 Å². The zero-order chi connectivity index (χ0) is 20.6. The third kappa shape index (κ3) is 3.35. The molecule has 6 unspecified atom stereocenters. The number of aliphatic hydroxyl groups is 3. The highest BCUT2D eigenvalue weighted by Gasteiger charge is 2.44. The Morgan fingerprint density at radius 3 is 2.50 bits per heavy atom. The van der Waals surface area contributed by atoms with E-state index in [1.54, 1.807) is 0 Å². The molecular formula is C15H19N5O8. The third-order valence-corrected chi connectivity index (χ3v) is 4.60. The third-order valence-electron chi connectivity index (χ3n) is 4.60. The number of carboxylic acid groups (broad SMARTS) is 2. The van der Waals surface area contributed by atoms with Gasteiger partial charge < -0.3 is 35.6 Å². The number of nitrogens with zero attached hydrogens (tertiary/aromatic N) is 4. The van der Waals surface area contributed by atoms with Gasteiger partial charge in [-0.25, -0.2) is 19.7 Å². The van der Waals surface area contributed by atoms with Gasteiger partial charge in [-0.1, -0.05) is 0 Å². The maximum absolute atomic E-state index is 11.4. The van der Waals surface area contributed by atoms with E-state index >= 15 is 0 Å². The first-order valence-electron chi connectivity index (χ1n) is 8.28. The zero-order valence-corrected chi connectivity index (χ0v) is 14.6. The summed E-state index contributed by atoms with van der Waals surface area (Å²) in [6.07, 6.45) is -2.41. The first-order chi connectivity index (χ1) is 13.3. The maximum atomic E-state index is 11.4. The van der Waals surface area contributed by atoms with Gasteiger partial charge in [-0.15, -0.1) is 0 Å². The SMILES string of the molecule is CC(C(=O)O)C(Nc1ncnc2c1ncn2C1OC(CO)C(O)C1O)C(=O)O. The van der Waals surface area contributed by atoms with E-state index in [4.69, 9.17) is 9.84 Å². The number of carboxylic acids is 2. The van der Waals surface area contributed by atoms with Crippen molar-refractivity contribution in [2.45, 2.75) is 37.5 Å². The Bertz CT molecular complexity index is 888. The highest BCUT2D eigenvalue weighted by molar-refractivity contribution is 5.89. The van der Waals surface area contributed by atoms with Crippen LogP contribution in [0.25, 0.3) is 11.2 Å². The smallest absolute Gasteiger partial charge is 0.327 e. The summed E-state index contributed by atoms with van der Waals surface area (Å²) in [6.45, 7) is 0.737. The Hall–Kier alpha value is -2.87. The molecule has 13 nitrogen and oxygen atoms in total. The number of hydrogen-bond acceptors (Lipinski definition) is 10. The summed E-state index contributed by atoms with van der Waals surface area (Å²) in [7, 11) is 0. The predicted molar refractivity (Wildman–Crippen MR) is 90.2 cm³/mol. The lowest BCUT2D eigenvalue weighted by Gasteiger charge is -2.19. The van der Waals surface area contributed by atoms with Crippen molar-refractivity contribution in [3.63, 3.8) is 0 Å². The van der Waals surface area contributed by atoms with Gasteiger partial charge in [-0.2, -0.15) is 0 Å². The second kappa shape index (κ2) is 7.63. The van der Waals surface area contributed by atoms with Crippen LogP contribution in [0.4, 0.5) is 5.82 Å². The van der Waals surface area contributed by atoms with Crippen LogP contribution in [0.1, 0.15) is 13.2 Å². The van der Waals surface area contributed by atoms with Crippen molar-refractivity contribution in [1.82, 2.24) is 19.5 Å². The number of fused-ring (bicyclic) bond motifs is 1. The molecule has 1 aliphatic heterocycles. The van der Waals surface area contributed by atoms with Crippen molar-refractivity contribution in [2.75, 3.05) is 11.9 Å². The van der Waals surface area contributed by atoms with Crippen molar-refractivity contribution < 1.29 is 39.9 Å². The fourth-order valence-electron chi connectivity index (χ4n) is 2.94. The molecule has 1 fully saturated rings. The number of hydrogen-bond donors (Lipinski definition) is 6. The lowest BCUT2D eigenvalue weighted by molar-refractivity contribution is -0.148. The van der Waals surface area contributed by atoms with Crippen LogP contribution in [0.2, 0.25) is 0 Å². The lowest BCUT2D eigenvalue weighted by atomic mass is 10.0. The topological polar surface area (TPSA) is 200 Å². The molecule has 1 aliphatic rings. The first kappa shape index (κ1) is 19.9. The molecule has 0 aromatic carbocycles. The minimum atomic E-state index is -1.48. The molecule has 2 aromatic heterocycles. The van der Waals surface area contributed by atoms with Gasteiger partial charge in [0.1, 0.15) is 30.7 Å². The minimum absolute atomic E-state index is 0.0176. The number of ether oxygens (including phenoxy) is 1. The molecule has 0 spiro atoms. The molecule has 0 bridgehead atoms. The van der Waals surface area contributed by atoms with E-state index in [1.807, 2.05) is 0 Å². The largest absolute Gasteiger partial charge is 0.481 e. The Labute approximate surface area is 157 Å². The van der Waals surface area contributed by atoms with E-state index in [0.717, 1.165) is 6.33 Å². The number of aliphatic carboxylic acids is 2. The molecule has 3 rings (SSSR count). The summed E-state index contributed by atoms with van der Waals surface area (Å²) in [5, 5.41) is 50.3. The molecule has 152 valence electrons. The van der Waals surface area contributed by atoms with Gasteiger partial charge in [0.05, 0.1) is 18.9 Å². The number of imidazole rings is 1. The van der Waals surface area contributed by atoms with E-state index in [2.05, 4.69) is 20.3 Å². The van der Waals surface area contributed by atoms with Gasteiger partial charge in [0.2, 0.25) is 0 Å². The highest BCUT2D eigenvalue weighted by atomic mass is 16.6. The number of nitrogens with one attached hydrogen (secondary N) is 1. The second-order valence-electron chi connectivity index (χ2n) is 6.36. The highest BCUT2D eigenvalue weighted by Crippen LogP contribution is 2.32. The molecule has 0 amide bonds. The van der Waals surface area contributed by atoms with Crippen LogP contribution in [-0.2, 0) is 14.3 Å². The van der Waals surface area contributed by atoms with Gasteiger partial charge >= 0.3 is 11.9 Å². The van der Waals surface area contributed by atoms with Gasteiger partial charge in [0.15, 0.2) is 23.2 Å². The monoisotopic (exact) mass is 397 g/mol. The van der Waals surface area contributed by atoms with E-state index in [9.17, 15) is 30.0 Å². The fourth-order valence-corrected chi connectivity index (χ4v) is 2.94. The van der Waals surface area contributed by atoms with E-state index in [-0.39, 0.29) is 17.0 Å². The Balaban J connectivity index is 1.95. The van der Waals surface area contributed by atoms with Gasteiger partial charge in [0, 0.05) is 0 Å². The van der Waals surface area contributed by atoms with Crippen LogP contribution in [0.15, 0.2) is 12.7 Å². The normalized spacial score (nSPS) is 26.9.